The van der Waals surface area contributed by atoms with Crippen LogP contribution in [0.4, 0.5) is 0 Å². The lowest BCUT2D eigenvalue weighted by Gasteiger charge is -2.05. The van der Waals surface area contributed by atoms with Crippen molar-refractivity contribution in [3.05, 3.63) is 45.7 Å². The molecule has 0 atom stereocenters. The second-order valence-electron chi connectivity index (χ2n) is 3.87. The van der Waals surface area contributed by atoms with Gasteiger partial charge in [0, 0.05) is 11.0 Å². The van der Waals surface area contributed by atoms with Crippen LogP contribution in [0.2, 0.25) is 0 Å². The molecule has 0 amide bonds. The van der Waals surface area contributed by atoms with Crippen molar-refractivity contribution in [3.8, 4) is 5.75 Å². The van der Waals surface area contributed by atoms with Gasteiger partial charge in [-0.05, 0) is 51.5 Å². The molecule has 0 aliphatic rings. The highest BCUT2D eigenvalue weighted by Crippen LogP contribution is 2.27. The number of nitrogens with one attached hydrogen (secondary N) is 1. The van der Waals surface area contributed by atoms with Crippen molar-refractivity contribution in [1.82, 2.24) is 4.72 Å². The Morgan fingerprint density at radius 3 is 2.47 bits per heavy atom. The zero-order valence-electron chi connectivity index (χ0n) is 9.84. The average Bonchev–Trinajstić information content (AvgIpc) is 2.79. The van der Waals surface area contributed by atoms with E-state index in [1.54, 1.807) is 35.7 Å². The molecular weight excluding hydrogens is 350 g/mol. The van der Waals surface area contributed by atoms with Crippen molar-refractivity contribution in [2.45, 2.75) is 10.6 Å². The number of aromatic hydroxyl groups is 1. The maximum absolute atomic E-state index is 12.0. The molecule has 0 radical (unpaired) electrons. The molecule has 19 heavy (non-hydrogen) atoms. The van der Waals surface area contributed by atoms with Crippen molar-refractivity contribution in [2.24, 2.45) is 0 Å². The van der Waals surface area contributed by atoms with Crippen LogP contribution in [0, 0.1) is 0 Å². The van der Waals surface area contributed by atoms with Gasteiger partial charge in [-0.3, -0.25) is 0 Å². The van der Waals surface area contributed by atoms with E-state index < -0.39 is 10.0 Å². The molecule has 0 unspecified atom stereocenters. The van der Waals surface area contributed by atoms with Crippen LogP contribution in [0.15, 0.2) is 44.4 Å². The van der Waals surface area contributed by atoms with E-state index in [9.17, 15) is 8.42 Å². The van der Waals surface area contributed by atoms with Gasteiger partial charge in [-0.1, -0.05) is 12.1 Å². The molecule has 1 aromatic heterocycles. The number of halogens is 1. The molecule has 0 aliphatic heterocycles. The summed E-state index contributed by atoms with van der Waals surface area (Å²) >= 11 is 4.38. The molecule has 1 heterocycles. The van der Waals surface area contributed by atoms with Crippen LogP contribution in [-0.2, 0) is 16.4 Å². The third-order valence-electron chi connectivity index (χ3n) is 2.47. The van der Waals surface area contributed by atoms with Gasteiger partial charge in [0.2, 0.25) is 0 Å². The van der Waals surface area contributed by atoms with E-state index >= 15 is 0 Å². The van der Waals surface area contributed by atoms with E-state index in [-0.39, 0.29) is 5.75 Å². The summed E-state index contributed by atoms with van der Waals surface area (Å²) in [5.74, 6) is 0.201. The van der Waals surface area contributed by atoms with Crippen LogP contribution in [0.1, 0.15) is 5.56 Å². The Hall–Kier alpha value is -0.890. The molecule has 4 nitrogen and oxygen atoms in total. The van der Waals surface area contributed by atoms with Crippen molar-refractivity contribution in [1.29, 1.82) is 0 Å². The zero-order chi connectivity index (χ0) is 13.9. The van der Waals surface area contributed by atoms with E-state index in [1.165, 1.54) is 11.3 Å². The molecule has 7 heteroatoms. The zero-order valence-corrected chi connectivity index (χ0v) is 13.1. The molecular formula is C12H12BrNO3S2. The van der Waals surface area contributed by atoms with Gasteiger partial charge in [0.05, 0.1) is 0 Å². The summed E-state index contributed by atoms with van der Waals surface area (Å²) in [5, 5.41) is 10.9. The molecule has 0 spiro atoms. The van der Waals surface area contributed by atoms with Gasteiger partial charge >= 0.3 is 0 Å². The lowest BCUT2D eigenvalue weighted by molar-refractivity contribution is 0.475. The first-order chi connectivity index (χ1) is 8.99. The van der Waals surface area contributed by atoms with Crippen molar-refractivity contribution in [2.75, 3.05) is 6.54 Å². The molecule has 102 valence electrons. The molecule has 0 saturated carbocycles. The van der Waals surface area contributed by atoms with Gasteiger partial charge in [-0.15, -0.1) is 11.3 Å². The summed E-state index contributed by atoms with van der Waals surface area (Å²) in [6, 6.07) is 8.41. The fourth-order valence-electron chi connectivity index (χ4n) is 1.53. The highest BCUT2D eigenvalue weighted by atomic mass is 79.9. The lowest BCUT2D eigenvalue weighted by Crippen LogP contribution is -2.25. The number of hydrogen-bond donors (Lipinski definition) is 2. The largest absolute Gasteiger partial charge is 0.508 e. The predicted molar refractivity (Wildman–Crippen MR) is 79.0 cm³/mol. The van der Waals surface area contributed by atoms with E-state index in [0.717, 1.165) is 5.56 Å². The summed E-state index contributed by atoms with van der Waals surface area (Å²) < 4.78 is 27.4. The van der Waals surface area contributed by atoms with Gasteiger partial charge in [0.25, 0.3) is 10.0 Å². The number of phenolic OH excluding ortho intramolecular Hbond substituents is 1. The average molecular weight is 362 g/mol. The first-order valence-corrected chi connectivity index (χ1v) is 8.65. The monoisotopic (exact) mass is 361 g/mol. The topological polar surface area (TPSA) is 66.4 Å². The third kappa shape index (κ3) is 3.79. The molecule has 0 aliphatic carbocycles. The maximum Gasteiger partial charge on any atom is 0.251 e. The van der Waals surface area contributed by atoms with E-state index in [2.05, 4.69) is 20.7 Å². The summed E-state index contributed by atoms with van der Waals surface area (Å²) in [5.41, 5.74) is 0.964. The van der Waals surface area contributed by atoms with E-state index in [1.807, 2.05) is 0 Å². The summed E-state index contributed by atoms with van der Waals surface area (Å²) in [6.45, 7) is 0.317. The van der Waals surface area contributed by atoms with Crippen LogP contribution < -0.4 is 4.72 Å². The number of rotatable bonds is 5. The Kier molecular flexibility index (Phi) is 4.62. The molecule has 1 aromatic carbocycles. The highest BCUT2D eigenvalue weighted by Gasteiger charge is 2.18. The number of hydrogen-bond acceptors (Lipinski definition) is 4. The Balaban J connectivity index is 1.96. The van der Waals surface area contributed by atoms with Gasteiger partial charge in [-0.2, -0.15) is 0 Å². The second-order valence-corrected chi connectivity index (χ2v) is 7.60. The van der Waals surface area contributed by atoms with Crippen molar-refractivity contribution >= 4 is 37.3 Å². The standard InChI is InChI=1S/C12H12BrNO3S2/c13-11-6-8-18-12(11)19(16,17)14-7-5-9-1-3-10(15)4-2-9/h1-4,6,8,14-15H,5,7H2. The Morgan fingerprint density at radius 2 is 1.89 bits per heavy atom. The fraction of sp³-hybridized carbons (Fsp3) is 0.167. The number of thiophene rings is 1. The van der Waals surface area contributed by atoms with Crippen LogP contribution in [0.25, 0.3) is 0 Å². The van der Waals surface area contributed by atoms with Crippen LogP contribution in [0.3, 0.4) is 0 Å². The normalized spacial score (nSPS) is 11.6. The summed E-state index contributed by atoms with van der Waals surface area (Å²) in [4.78, 5) is 0. The van der Waals surface area contributed by atoms with E-state index in [4.69, 9.17) is 5.11 Å². The smallest absolute Gasteiger partial charge is 0.251 e. The van der Waals surface area contributed by atoms with Crippen molar-refractivity contribution < 1.29 is 13.5 Å². The minimum absolute atomic E-state index is 0.201. The van der Waals surface area contributed by atoms with Gasteiger partial charge in [0.1, 0.15) is 9.96 Å². The van der Waals surface area contributed by atoms with Crippen LogP contribution in [-0.4, -0.2) is 20.1 Å². The first-order valence-electron chi connectivity index (χ1n) is 5.49. The quantitative estimate of drug-likeness (QED) is 0.860. The first kappa shape index (κ1) is 14.5. The second kappa shape index (κ2) is 6.04. The molecule has 0 saturated heterocycles. The Labute approximate surface area is 124 Å². The Morgan fingerprint density at radius 1 is 1.21 bits per heavy atom. The summed E-state index contributed by atoms with van der Waals surface area (Å²) in [7, 11) is -3.45. The SMILES string of the molecule is O=S(=O)(NCCc1ccc(O)cc1)c1sccc1Br. The van der Waals surface area contributed by atoms with Crippen LogP contribution >= 0.6 is 27.3 Å². The minimum atomic E-state index is -3.45. The predicted octanol–water partition coefficient (Wildman–Crippen LogP) is 2.74. The van der Waals surface area contributed by atoms with Crippen molar-refractivity contribution in [3.63, 3.8) is 0 Å². The number of sulfonamides is 1. The lowest BCUT2D eigenvalue weighted by atomic mass is 10.1. The number of phenols is 1. The van der Waals surface area contributed by atoms with Gasteiger partial charge < -0.3 is 5.11 Å². The maximum atomic E-state index is 12.0. The third-order valence-corrected chi connectivity index (χ3v) is 6.60. The molecule has 2 aromatic rings. The molecule has 2 rings (SSSR count). The molecule has 0 bridgehead atoms. The fourth-order valence-corrected chi connectivity index (χ4v) is 4.94. The van der Waals surface area contributed by atoms with Gasteiger partial charge in [-0.25, -0.2) is 13.1 Å². The van der Waals surface area contributed by atoms with E-state index in [0.29, 0.717) is 21.6 Å². The number of benzene rings is 1. The van der Waals surface area contributed by atoms with Crippen LogP contribution in [0.5, 0.6) is 5.75 Å². The molecule has 2 N–H and O–H groups in total. The Bertz CT molecular complexity index is 650. The highest BCUT2D eigenvalue weighted by molar-refractivity contribution is 9.10. The van der Waals surface area contributed by atoms with Gasteiger partial charge in [0.15, 0.2) is 0 Å². The summed E-state index contributed by atoms with van der Waals surface area (Å²) in [6.07, 6.45) is 0.572. The minimum Gasteiger partial charge on any atom is -0.508 e. The molecule has 0 fully saturated rings.